The molecule has 5 rings (SSSR count). The Hall–Kier alpha value is -3.13. The largest absolute Gasteiger partial charge is 0.472 e. The first-order valence-electron chi connectivity index (χ1n) is 10.4. The Bertz CT molecular complexity index is 999. The Morgan fingerprint density at radius 3 is 2.73 bits per heavy atom. The molecule has 0 amide bonds. The smallest absolute Gasteiger partial charge is 0.229 e. The van der Waals surface area contributed by atoms with Gasteiger partial charge in [0.1, 0.15) is 11.6 Å². The monoisotopic (exact) mass is 408 g/mol. The van der Waals surface area contributed by atoms with Crippen molar-refractivity contribution in [3.05, 3.63) is 48.8 Å². The number of rotatable bonds is 7. The molecule has 3 heterocycles. The zero-order valence-electron chi connectivity index (χ0n) is 16.6. The predicted octanol–water partition coefficient (Wildman–Crippen LogP) is 4.36. The lowest BCUT2D eigenvalue weighted by Gasteiger charge is -2.25. The lowest BCUT2D eigenvalue weighted by atomic mass is 10.1. The van der Waals surface area contributed by atoms with Gasteiger partial charge in [-0.05, 0) is 56.5 Å². The maximum absolute atomic E-state index is 14.2. The van der Waals surface area contributed by atoms with Crippen molar-refractivity contribution in [3.8, 4) is 11.1 Å². The van der Waals surface area contributed by atoms with E-state index in [1.54, 1.807) is 18.7 Å². The summed E-state index contributed by atoms with van der Waals surface area (Å²) in [5.74, 6) is 0.860. The molecule has 2 aromatic heterocycles. The van der Waals surface area contributed by atoms with Gasteiger partial charge in [0.05, 0.1) is 12.5 Å². The molecule has 1 aromatic carbocycles. The highest BCUT2D eigenvalue weighted by Gasteiger charge is 2.23. The summed E-state index contributed by atoms with van der Waals surface area (Å²) >= 11 is 0. The van der Waals surface area contributed by atoms with Gasteiger partial charge < -0.3 is 25.7 Å². The van der Waals surface area contributed by atoms with Crippen molar-refractivity contribution in [1.29, 1.82) is 0 Å². The Kier molecular flexibility index (Phi) is 5.23. The van der Waals surface area contributed by atoms with Crippen LogP contribution in [0.25, 0.3) is 11.1 Å². The van der Waals surface area contributed by atoms with E-state index in [0.29, 0.717) is 23.7 Å². The van der Waals surface area contributed by atoms with Gasteiger partial charge in [-0.2, -0.15) is 4.98 Å². The van der Waals surface area contributed by atoms with Gasteiger partial charge in [0.25, 0.3) is 0 Å². The number of nitrogens with one attached hydrogen (secondary N) is 4. The van der Waals surface area contributed by atoms with Crippen LogP contribution < -0.4 is 21.3 Å². The fourth-order valence-corrected chi connectivity index (χ4v) is 3.69. The standard InChI is InChI=1S/C22H25FN6O/c23-15-8-18(26-17-2-1-6-24-11-17)10-19(9-15)28-22-25-12-20(14-5-7-30-13-14)21(29-22)27-16-3-4-16/h5,7-10,12-13,16-17,24,26H,1-4,6,11H2,(H2,25,27,28,29)/t17-/m1/s1. The number of anilines is 4. The quantitative estimate of drug-likeness (QED) is 0.462. The summed E-state index contributed by atoms with van der Waals surface area (Å²) < 4.78 is 19.4. The van der Waals surface area contributed by atoms with Crippen LogP contribution in [0.1, 0.15) is 25.7 Å². The molecule has 0 bridgehead atoms. The summed E-state index contributed by atoms with van der Waals surface area (Å²) in [6.45, 7) is 1.92. The zero-order chi connectivity index (χ0) is 20.3. The minimum Gasteiger partial charge on any atom is -0.472 e. The molecule has 1 aliphatic heterocycles. The number of halogens is 1. The van der Waals surface area contributed by atoms with Crippen LogP contribution in [-0.2, 0) is 0 Å². The van der Waals surface area contributed by atoms with Gasteiger partial charge in [0.2, 0.25) is 5.95 Å². The molecule has 1 atom stereocenters. The van der Waals surface area contributed by atoms with E-state index in [9.17, 15) is 4.39 Å². The van der Waals surface area contributed by atoms with Crippen LogP contribution in [0.3, 0.4) is 0 Å². The molecule has 4 N–H and O–H groups in total. The fraction of sp³-hybridized carbons (Fsp3) is 0.364. The van der Waals surface area contributed by atoms with E-state index in [4.69, 9.17) is 4.42 Å². The van der Waals surface area contributed by atoms with E-state index in [1.807, 2.05) is 12.1 Å². The third-order valence-electron chi connectivity index (χ3n) is 5.36. The second-order valence-electron chi connectivity index (χ2n) is 7.93. The van der Waals surface area contributed by atoms with Gasteiger partial charge in [-0.25, -0.2) is 9.37 Å². The molecule has 8 heteroatoms. The second kappa shape index (κ2) is 8.31. The van der Waals surface area contributed by atoms with E-state index < -0.39 is 0 Å². The highest BCUT2D eigenvalue weighted by atomic mass is 19.1. The molecule has 30 heavy (non-hydrogen) atoms. The summed E-state index contributed by atoms with van der Waals surface area (Å²) in [6.07, 6.45) is 9.52. The van der Waals surface area contributed by atoms with E-state index in [-0.39, 0.29) is 5.82 Å². The first kappa shape index (κ1) is 18.9. The molecule has 7 nitrogen and oxygen atoms in total. The number of furan rings is 1. The first-order valence-corrected chi connectivity index (χ1v) is 10.4. The third kappa shape index (κ3) is 4.54. The van der Waals surface area contributed by atoms with Crippen LogP contribution in [0.5, 0.6) is 0 Å². The number of hydrogen-bond donors (Lipinski definition) is 4. The Balaban J connectivity index is 1.37. The minimum atomic E-state index is -0.308. The maximum atomic E-state index is 14.2. The SMILES string of the molecule is Fc1cc(Nc2ncc(-c3ccoc3)c(NC3CC3)n2)cc(N[C@@H]2CCCNC2)c1. The topological polar surface area (TPSA) is 87.0 Å². The van der Waals surface area contributed by atoms with Crippen LogP contribution in [0.4, 0.5) is 27.5 Å². The maximum Gasteiger partial charge on any atom is 0.229 e. The van der Waals surface area contributed by atoms with Crippen LogP contribution >= 0.6 is 0 Å². The Labute approximate surface area is 174 Å². The second-order valence-corrected chi connectivity index (χ2v) is 7.93. The average Bonchev–Trinajstić information content (AvgIpc) is 3.38. The fourth-order valence-electron chi connectivity index (χ4n) is 3.69. The van der Waals surface area contributed by atoms with Gasteiger partial charge in [0.15, 0.2) is 0 Å². The molecule has 2 fully saturated rings. The number of benzene rings is 1. The highest BCUT2D eigenvalue weighted by Crippen LogP contribution is 2.32. The Morgan fingerprint density at radius 1 is 1.07 bits per heavy atom. The molecule has 1 saturated carbocycles. The van der Waals surface area contributed by atoms with E-state index >= 15 is 0 Å². The summed E-state index contributed by atoms with van der Waals surface area (Å²) in [5, 5.41) is 13.4. The molecular weight excluding hydrogens is 383 g/mol. The number of nitrogens with zero attached hydrogens (tertiary/aromatic N) is 2. The van der Waals surface area contributed by atoms with E-state index in [0.717, 1.165) is 61.4 Å². The van der Waals surface area contributed by atoms with Gasteiger partial charge in [-0.3, -0.25) is 0 Å². The molecular formula is C22H25FN6O. The molecule has 0 radical (unpaired) electrons. The van der Waals surface area contributed by atoms with Crippen molar-refractivity contribution < 1.29 is 8.81 Å². The summed E-state index contributed by atoms with van der Waals surface area (Å²) in [7, 11) is 0. The van der Waals surface area contributed by atoms with Crippen LogP contribution in [0, 0.1) is 5.82 Å². The molecule has 3 aromatic rings. The predicted molar refractivity (Wildman–Crippen MR) is 116 cm³/mol. The number of piperidine rings is 1. The molecule has 1 aliphatic carbocycles. The Morgan fingerprint density at radius 2 is 1.97 bits per heavy atom. The van der Waals surface area contributed by atoms with Crippen LogP contribution in [0.15, 0.2) is 47.4 Å². The molecule has 2 aliphatic rings. The normalized spacial score (nSPS) is 18.8. The van der Waals surface area contributed by atoms with Crippen molar-refractivity contribution in [2.45, 2.75) is 37.8 Å². The minimum absolute atomic E-state index is 0.299. The van der Waals surface area contributed by atoms with Crippen LogP contribution in [-0.4, -0.2) is 35.1 Å². The summed E-state index contributed by atoms with van der Waals surface area (Å²) in [6, 6.07) is 7.47. The van der Waals surface area contributed by atoms with Gasteiger partial charge in [-0.15, -0.1) is 0 Å². The summed E-state index contributed by atoms with van der Waals surface area (Å²) in [5.41, 5.74) is 3.16. The summed E-state index contributed by atoms with van der Waals surface area (Å²) in [4.78, 5) is 9.09. The van der Waals surface area contributed by atoms with Gasteiger partial charge >= 0.3 is 0 Å². The molecule has 0 spiro atoms. The van der Waals surface area contributed by atoms with Gasteiger partial charge in [-0.1, -0.05) is 0 Å². The number of hydrogen-bond acceptors (Lipinski definition) is 7. The zero-order valence-corrected chi connectivity index (χ0v) is 16.6. The molecule has 0 unspecified atom stereocenters. The average molecular weight is 408 g/mol. The lowest BCUT2D eigenvalue weighted by molar-refractivity contribution is 0.479. The highest BCUT2D eigenvalue weighted by molar-refractivity contribution is 5.75. The van der Waals surface area contributed by atoms with Crippen molar-refractivity contribution >= 4 is 23.1 Å². The molecule has 1 saturated heterocycles. The third-order valence-corrected chi connectivity index (χ3v) is 5.36. The molecule has 156 valence electrons. The van der Waals surface area contributed by atoms with E-state index in [1.165, 1.54) is 12.1 Å². The lowest BCUT2D eigenvalue weighted by Crippen LogP contribution is -2.38. The first-order chi connectivity index (χ1) is 14.7. The number of aromatic nitrogens is 2. The van der Waals surface area contributed by atoms with Gasteiger partial charge in [0, 0.05) is 47.3 Å². The van der Waals surface area contributed by atoms with Crippen LogP contribution in [0.2, 0.25) is 0 Å². The van der Waals surface area contributed by atoms with Crippen molar-refractivity contribution in [2.75, 3.05) is 29.0 Å². The van der Waals surface area contributed by atoms with Crippen molar-refractivity contribution in [1.82, 2.24) is 15.3 Å². The van der Waals surface area contributed by atoms with Crippen molar-refractivity contribution in [2.24, 2.45) is 0 Å². The van der Waals surface area contributed by atoms with E-state index in [2.05, 4.69) is 31.2 Å². The van der Waals surface area contributed by atoms with Crippen molar-refractivity contribution in [3.63, 3.8) is 0 Å².